The number of hydrogen-bond acceptors (Lipinski definition) is 2. The van der Waals surface area contributed by atoms with Crippen molar-refractivity contribution in [2.24, 2.45) is 17.3 Å². The van der Waals surface area contributed by atoms with E-state index in [4.69, 9.17) is 0 Å². The lowest BCUT2D eigenvalue weighted by atomic mass is 9.80. The van der Waals surface area contributed by atoms with Crippen LogP contribution in [0.1, 0.15) is 40.0 Å². The third-order valence-electron chi connectivity index (χ3n) is 4.16. The number of likely N-dealkylation sites (tertiary alicyclic amines) is 1. The van der Waals surface area contributed by atoms with Crippen LogP contribution in [0.2, 0.25) is 0 Å². The fourth-order valence-corrected chi connectivity index (χ4v) is 2.81. The highest BCUT2D eigenvalue weighted by molar-refractivity contribution is 5.74. The van der Waals surface area contributed by atoms with E-state index in [9.17, 15) is 9.90 Å². The Labute approximate surface area is 97.8 Å². The SMILES string of the molecule is CC(C)(C)C1CCN(C(C(=O)O)C2CC2)C1. The molecule has 0 aromatic rings. The zero-order valence-electron chi connectivity index (χ0n) is 10.6. The molecule has 16 heavy (non-hydrogen) atoms. The van der Waals surface area contributed by atoms with Gasteiger partial charge in [0.1, 0.15) is 6.04 Å². The molecule has 1 N–H and O–H groups in total. The lowest BCUT2D eigenvalue weighted by molar-refractivity contribution is -0.143. The lowest BCUT2D eigenvalue weighted by Gasteiger charge is -2.29. The van der Waals surface area contributed by atoms with Crippen LogP contribution in [0.4, 0.5) is 0 Å². The molecular formula is C13H23NO2. The zero-order chi connectivity index (χ0) is 11.9. The van der Waals surface area contributed by atoms with E-state index in [-0.39, 0.29) is 6.04 Å². The van der Waals surface area contributed by atoms with Crippen LogP contribution < -0.4 is 0 Å². The molecule has 0 radical (unpaired) electrons. The van der Waals surface area contributed by atoms with E-state index >= 15 is 0 Å². The Hall–Kier alpha value is -0.570. The standard InChI is InChI=1S/C13H23NO2/c1-13(2,3)10-6-7-14(8-10)11(12(15)16)9-4-5-9/h9-11H,4-8H2,1-3H3,(H,15,16). The van der Waals surface area contributed by atoms with Crippen molar-refractivity contribution in [1.29, 1.82) is 0 Å². The van der Waals surface area contributed by atoms with Gasteiger partial charge in [0.15, 0.2) is 0 Å². The van der Waals surface area contributed by atoms with Crippen molar-refractivity contribution in [1.82, 2.24) is 4.90 Å². The molecular weight excluding hydrogens is 202 g/mol. The lowest BCUT2D eigenvalue weighted by Crippen LogP contribution is -2.42. The highest BCUT2D eigenvalue weighted by Gasteiger charge is 2.44. The summed E-state index contributed by atoms with van der Waals surface area (Å²) < 4.78 is 0. The van der Waals surface area contributed by atoms with Crippen LogP contribution >= 0.6 is 0 Å². The van der Waals surface area contributed by atoms with Crippen LogP contribution in [0, 0.1) is 17.3 Å². The molecule has 2 fully saturated rings. The van der Waals surface area contributed by atoms with Crippen LogP contribution in [0.15, 0.2) is 0 Å². The second-order valence-corrected chi connectivity index (χ2v) is 6.47. The third kappa shape index (κ3) is 2.40. The van der Waals surface area contributed by atoms with E-state index in [1.807, 2.05) is 0 Å². The summed E-state index contributed by atoms with van der Waals surface area (Å²) in [5.74, 6) is 0.460. The molecule has 0 amide bonds. The molecule has 2 rings (SSSR count). The van der Waals surface area contributed by atoms with Gasteiger partial charge < -0.3 is 5.11 Å². The Kier molecular flexibility index (Phi) is 2.99. The van der Waals surface area contributed by atoms with Crippen LogP contribution in [0.5, 0.6) is 0 Å². The molecule has 3 heteroatoms. The molecule has 3 nitrogen and oxygen atoms in total. The molecule has 1 saturated heterocycles. The molecule has 2 atom stereocenters. The predicted molar refractivity (Wildman–Crippen MR) is 63.3 cm³/mol. The number of nitrogens with zero attached hydrogens (tertiary/aromatic N) is 1. The normalized spacial score (nSPS) is 29.3. The van der Waals surface area contributed by atoms with E-state index in [0.717, 1.165) is 32.4 Å². The number of carboxylic acids is 1. The molecule has 0 aromatic heterocycles. The molecule has 1 saturated carbocycles. The maximum Gasteiger partial charge on any atom is 0.321 e. The Morgan fingerprint density at radius 1 is 1.31 bits per heavy atom. The summed E-state index contributed by atoms with van der Waals surface area (Å²) in [6.07, 6.45) is 3.36. The Balaban J connectivity index is 1.99. The maximum atomic E-state index is 11.3. The second kappa shape index (κ2) is 4.02. The summed E-state index contributed by atoms with van der Waals surface area (Å²) in [6, 6.07) is -0.202. The molecule has 2 aliphatic rings. The molecule has 0 spiro atoms. The van der Waals surface area contributed by atoms with Crippen molar-refractivity contribution in [3.8, 4) is 0 Å². The fraction of sp³-hybridized carbons (Fsp3) is 0.923. The minimum Gasteiger partial charge on any atom is -0.480 e. The van der Waals surface area contributed by atoms with Gasteiger partial charge in [0.2, 0.25) is 0 Å². The van der Waals surface area contributed by atoms with Gasteiger partial charge in [-0.1, -0.05) is 20.8 Å². The third-order valence-corrected chi connectivity index (χ3v) is 4.16. The van der Waals surface area contributed by atoms with Crippen LogP contribution in [-0.4, -0.2) is 35.1 Å². The van der Waals surface area contributed by atoms with Gasteiger partial charge in [-0.25, -0.2) is 0 Å². The average Bonchev–Trinajstić information content (AvgIpc) is 2.79. The van der Waals surface area contributed by atoms with Gasteiger partial charge in [0, 0.05) is 6.54 Å². The summed E-state index contributed by atoms with van der Waals surface area (Å²) >= 11 is 0. The van der Waals surface area contributed by atoms with Gasteiger partial charge in [0.05, 0.1) is 0 Å². The number of hydrogen-bond donors (Lipinski definition) is 1. The van der Waals surface area contributed by atoms with Gasteiger partial charge in [-0.15, -0.1) is 0 Å². The Morgan fingerprint density at radius 3 is 2.31 bits per heavy atom. The highest BCUT2D eigenvalue weighted by Crippen LogP contribution is 2.40. The van der Waals surface area contributed by atoms with Crippen LogP contribution in [0.3, 0.4) is 0 Å². The topological polar surface area (TPSA) is 40.5 Å². The first-order chi connectivity index (χ1) is 7.39. The highest BCUT2D eigenvalue weighted by atomic mass is 16.4. The molecule has 92 valence electrons. The van der Waals surface area contributed by atoms with Crippen molar-refractivity contribution in [2.75, 3.05) is 13.1 Å². The molecule has 0 aromatic carbocycles. The summed E-state index contributed by atoms with van der Waals surface area (Å²) in [5.41, 5.74) is 0.307. The minimum absolute atomic E-state index is 0.202. The maximum absolute atomic E-state index is 11.3. The Bertz CT molecular complexity index is 278. The molecule has 1 heterocycles. The van der Waals surface area contributed by atoms with Gasteiger partial charge >= 0.3 is 5.97 Å². The average molecular weight is 225 g/mol. The van der Waals surface area contributed by atoms with Crippen molar-refractivity contribution in [3.05, 3.63) is 0 Å². The zero-order valence-corrected chi connectivity index (χ0v) is 10.6. The first kappa shape index (κ1) is 11.9. The van der Waals surface area contributed by atoms with E-state index in [2.05, 4.69) is 25.7 Å². The van der Waals surface area contributed by atoms with Gasteiger partial charge in [-0.05, 0) is 43.1 Å². The van der Waals surface area contributed by atoms with Gasteiger partial charge in [-0.2, -0.15) is 0 Å². The van der Waals surface area contributed by atoms with E-state index < -0.39 is 5.97 Å². The minimum atomic E-state index is -0.614. The van der Waals surface area contributed by atoms with Crippen molar-refractivity contribution in [2.45, 2.75) is 46.1 Å². The molecule has 1 aliphatic carbocycles. The quantitative estimate of drug-likeness (QED) is 0.800. The summed E-state index contributed by atoms with van der Waals surface area (Å²) in [4.78, 5) is 13.5. The number of carboxylic acid groups (broad SMARTS) is 1. The van der Waals surface area contributed by atoms with Crippen molar-refractivity contribution in [3.63, 3.8) is 0 Å². The van der Waals surface area contributed by atoms with Crippen molar-refractivity contribution < 1.29 is 9.90 Å². The molecule has 2 unspecified atom stereocenters. The fourth-order valence-electron chi connectivity index (χ4n) is 2.81. The molecule has 1 aliphatic heterocycles. The second-order valence-electron chi connectivity index (χ2n) is 6.47. The summed E-state index contributed by atoms with van der Waals surface area (Å²) in [6.45, 7) is 8.71. The molecule has 0 bridgehead atoms. The van der Waals surface area contributed by atoms with Crippen LogP contribution in [0.25, 0.3) is 0 Å². The first-order valence-electron chi connectivity index (χ1n) is 6.36. The predicted octanol–water partition coefficient (Wildman–Crippen LogP) is 2.22. The smallest absolute Gasteiger partial charge is 0.321 e. The number of rotatable bonds is 3. The summed E-state index contributed by atoms with van der Waals surface area (Å²) in [5, 5.41) is 9.29. The first-order valence-corrected chi connectivity index (χ1v) is 6.36. The van der Waals surface area contributed by atoms with E-state index in [1.165, 1.54) is 0 Å². The van der Waals surface area contributed by atoms with E-state index in [1.54, 1.807) is 0 Å². The Morgan fingerprint density at radius 2 is 1.94 bits per heavy atom. The largest absolute Gasteiger partial charge is 0.480 e. The van der Waals surface area contributed by atoms with E-state index in [0.29, 0.717) is 17.3 Å². The monoisotopic (exact) mass is 225 g/mol. The van der Waals surface area contributed by atoms with Gasteiger partial charge in [-0.3, -0.25) is 9.69 Å². The van der Waals surface area contributed by atoms with Gasteiger partial charge in [0.25, 0.3) is 0 Å². The van der Waals surface area contributed by atoms with Crippen molar-refractivity contribution >= 4 is 5.97 Å². The van der Waals surface area contributed by atoms with Crippen LogP contribution in [-0.2, 0) is 4.79 Å². The summed E-state index contributed by atoms with van der Waals surface area (Å²) in [7, 11) is 0. The number of aliphatic carboxylic acids is 1. The number of carbonyl (C=O) groups is 1.